The van der Waals surface area contributed by atoms with Crippen molar-refractivity contribution < 1.29 is 19.2 Å². The maximum absolute atomic E-state index is 12.9. The first-order chi connectivity index (χ1) is 12.0. The summed E-state index contributed by atoms with van der Waals surface area (Å²) in [6, 6.07) is 14.2. The van der Waals surface area contributed by atoms with Crippen LogP contribution in [0.4, 0.5) is 0 Å². The predicted octanol–water partition coefficient (Wildman–Crippen LogP) is 3.04. The van der Waals surface area contributed by atoms with Crippen molar-refractivity contribution in [1.29, 1.82) is 0 Å². The molecule has 2 aromatic carbocycles. The minimum Gasteiger partial charge on any atom is -0.329 e. The van der Waals surface area contributed by atoms with Crippen LogP contribution in [0.5, 0.6) is 0 Å². The Morgan fingerprint density at radius 1 is 1.00 bits per heavy atom. The largest absolute Gasteiger partial charge is 0.343 e. The smallest absolute Gasteiger partial charge is 0.329 e. The number of hydroxylamine groups is 2. The van der Waals surface area contributed by atoms with E-state index in [0.29, 0.717) is 11.5 Å². The van der Waals surface area contributed by atoms with Crippen molar-refractivity contribution in [3.63, 3.8) is 0 Å². The molecule has 0 saturated heterocycles. The Bertz CT molecular complexity index is 869. The van der Waals surface area contributed by atoms with Gasteiger partial charge in [-0.15, -0.1) is 0 Å². The molecule has 0 fully saturated rings. The highest BCUT2D eigenvalue weighted by Crippen LogP contribution is 2.38. The summed E-state index contributed by atoms with van der Waals surface area (Å²) in [5, 5.41) is 0.593. The fourth-order valence-electron chi connectivity index (χ4n) is 3.69. The molecule has 1 heterocycles. The van der Waals surface area contributed by atoms with Crippen LogP contribution >= 0.6 is 0 Å². The second-order valence-electron chi connectivity index (χ2n) is 6.67. The number of aryl methyl sites for hydroxylation is 1. The zero-order valence-corrected chi connectivity index (χ0v) is 13.8. The SMILES string of the molecule is CC1(C(=O)ON2C(=O)c3ccccc3C2=O)CCCc2ccccc21. The summed E-state index contributed by atoms with van der Waals surface area (Å²) in [6.45, 7) is 1.81. The molecule has 126 valence electrons. The van der Waals surface area contributed by atoms with Crippen molar-refractivity contribution in [3.05, 3.63) is 70.8 Å². The fraction of sp³-hybridized carbons (Fsp3) is 0.250. The quantitative estimate of drug-likeness (QED) is 0.791. The van der Waals surface area contributed by atoms with E-state index in [4.69, 9.17) is 4.84 Å². The molecule has 1 aliphatic carbocycles. The zero-order chi connectivity index (χ0) is 17.6. The number of carbonyl (C=O) groups is 3. The average molecular weight is 335 g/mol. The van der Waals surface area contributed by atoms with Crippen molar-refractivity contribution in [2.75, 3.05) is 0 Å². The molecular formula is C20H17NO4. The molecule has 0 aromatic heterocycles. The molecular weight excluding hydrogens is 318 g/mol. The van der Waals surface area contributed by atoms with Gasteiger partial charge in [-0.3, -0.25) is 9.59 Å². The Labute approximate surface area is 145 Å². The average Bonchev–Trinajstić information content (AvgIpc) is 2.87. The predicted molar refractivity (Wildman–Crippen MR) is 89.8 cm³/mol. The second kappa shape index (κ2) is 5.55. The van der Waals surface area contributed by atoms with Crippen LogP contribution in [0, 0.1) is 0 Å². The molecule has 2 aromatic rings. The van der Waals surface area contributed by atoms with E-state index in [1.54, 1.807) is 24.3 Å². The molecule has 1 aliphatic heterocycles. The number of nitrogens with zero attached hydrogens (tertiary/aromatic N) is 1. The third-order valence-corrected chi connectivity index (χ3v) is 5.12. The Morgan fingerprint density at radius 3 is 2.28 bits per heavy atom. The third-order valence-electron chi connectivity index (χ3n) is 5.12. The van der Waals surface area contributed by atoms with Crippen molar-refractivity contribution >= 4 is 17.8 Å². The minimum atomic E-state index is -0.871. The molecule has 1 unspecified atom stereocenters. The Hall–Kier alpha value is -2.95. The normalized spacial score (nSPS) is 21.7. The van der Waals surface area contributed by atoms with E-state index in [-0.39, 0.29) is 11.1 Å². The molecule has 2 aliphatic rings. The van der Waals surface area contributed by atoms with Gasteiger partial charge in [0.05, 0.1) is 16.5 Å². The van der Waals surface area contributed by atoms with Gasteiger partial charge >= 0.3 is 5.97 Å². The number of benzene rings is 2. The molecule has 0 N–H and O–H groups in total. The van der Waals surface area contributed by atoms with Gasteiger partial charge < -0.3 is 4.84 Å². The van der Waals surface area contributed by atoms with E-state index < -0.39 is 23.2 Å². The van der Waals surface area contributed by atoms with Gasteiger partial charge in [0, 0.05) is 0 Å². The van der Waals surface area contributed by atoms with Gasteiger partial charge in [0.1, 0.15) is 0 Å². The lowest BCUT2D eigenvalue weighted by atomic mass is 9.71. The molecule has 0 saturated carbocycles. The molecule has 5 heteroatoms. The van der Waals surface area contributed by atoms with Crippen molar-refractivity contribution in [2.24, 2.45) is 0 Å². The number of hydrogen-bond donors (Lipinski definition) is 0. The van der Waals surface area contributed by atoms with Crippen LogP contribution in [0.15, 0.2) is 48.5 Å². The summed E-state index contributed by atoms with van der Waals surface area (Å²) in [5.74, 6) is -1.77. The lowest BCUT2D eigenvalue weighted by Crippen LogP contribution is -2.43. The third kappa shape index (κ3) is 2.27. The van der Waals surface area contributed by atoms with Crippen LogP contribution in [0.25, 0.3) is 0 Å². The topological polar surface area (TPSA) is 63.7 Å². The van der Waals surface area contributed by atoms with Gasteiger partial charge in [0.2, 0.25) is 0 Å². The monoisotopic (exact) mass is 335 g/mol. The number of fused-ring (bicyclic) bond motifs is 2. The highest BCUT2D eigenvalue weighted by molar-refractivity contribution is 6.21. The van der Waals surface area contributed by atoms with E-state index in [0.717, 1.165) is 24.0 Å². The van der Waals surface area contributed by atoms with E-state index >= 15 is 0 Å². The van der Waals surface area contributed by atoms with Crippen molar-refractivity contribution in [2.45, 2.75) is 31.6 Å². The molecule has 0 radical (unpaired) electrons. The lowest BCUT2D eigenvalue weighted by Gasteiger charge is -2.34. The first-order valence-corrected chi connectivity index (χ1v) is 8.31. The molecule has 1 atom stereocenters. The molecule has 0 bridgehead atoms. The summed E-state index contributed by atoms with van der Waals surface area (Å²) in [5.41, 5.74) is 1.66. The number of carbonyl (C=O) groups excluding carboxylic acids is 3. The van der Waals surface area contributed by atoms with Crippen LogP contribution in [-0.2, 0) is 21.5 Å². The van der Waals surface area contributed by atoms with Crippen LogP contribution in [-0.4, -0.2) is 22.8 Å². The molecule has 0 spiro atoms. The second-order valence-corrected chi connectivity index (χ2v) is 6.67. The van der Waals surface area contributed by atoms with E-state index in [1.807, 2.05) is 31.2 Å². The van der Waals surface area contributed by atoms with Crippen molar-refractivity contribution in [3.8, 4) is 0 Å². The Balaban J connectivity index is 1.64. The summed E-state index contributed by atoms with van der Waals surface area (Å²) >= 11 is 0. The van der Waals surface area contributed by atoms with E-state index in [2.05, 4.69) is 0 Å². The summed E-state index contributed by atoms with van der Waals surface area (Å²) < 4.78 is 0. The lowest BCUT2D eigenvalue weighted by molar-refractivity contribution is -0.176. The number of amides is 2. The first kappa shape index (κ1) is 15.6. The van der Waals surface area contributed by atoms with Gasteiger partial charge in [0.15, 0.2) is 0 Å². The first-order valence-electron chi connectivity index (χ1n) is 8.31. The van der Waals surface area contributed by atoms with E-state index in [9.17, 15) is 14.4 Å². The van der Waals surface area contributed by atoms with Crippen LogP contribution in [0.3, 0.4) is 0 Å². The maximum Gasteiger partial charge on any atom is 0.343 e. The number of rotatable bonds is 2. The Morgan fingerprint density at radius 2 is 1.60 bits per heavy atom. The van der Waals surface area contributed by atoms with E-state index in [1.165, 1.54) is 0 Å². The number of imide groups is 1. The summed E-state index contributed by atoms with van der Waals surface area (Å²) in [4.78, 5) is 43.0. The zero-order valence-electron chi connectivity index (χ0n) is 13.8. The Kier molecular flexibility index (Phi) is 3.46. The molecule has 25 heavy (non-hydrogen) atoms. The summed E-state index contributed by atoms with van der Waals surface area (Å²) in [7, 11) is 0. The minimum absolute atomic E-state index is 0.259. The van der Waals surface area contributed by atoms with Crippen molar-refractivity contribution in [1.82, 2.24) is 5.06 Å². The highest BCUT2D eigenvalue weighted by Gasteiger charge is 2.45. The highest BCUT2D eigenvalue weighted by atomic mass is 16.7. The van der Waals surface area contributed by atoms with Gasteiger partial charge in [-0.1, -0.05) is 41.5 Å². The van der Waals surface area contributed by atoms with Crippen LogP contribution < -0.4 is 0 Å². The maximum atomic E-state index is 12.9. The van der Waals surface area contributed by atoms with Gasteiger partial charge in [0.25, 0.3) is 11.8 Å². The van der Waals surface area contributed by atoms with Crippen LogP contribution in [0.1, 0.15) is 51.6 Å². The van der Waals surface area contributed by atoms with Crippen LogP contribution in [0.2, 0.25) is 0 Å². The molecule has 2 amide bonds. The molecule has 4 rings (SSSR count). The fourth-order valence-corrected chi connectivity index (χ4v) is 3.69. The van der Waals surface area contributed by atoms with Gasteiger partial charge in [-0.05, 0) is 49.4 Å². The standard InChI is InChI=1S/C20H17NO4/c1-20(12-6-8-13-7-2-5-11-16(13)20)19(24)25-21-17(22)14-9-3-4-10-15(14)18(21)23/h2-5,7,9-11H,6,8,12H2,1H3. The molecule has 5 nitrogen and oxygen atoms in total. The number of hydrogen-bond acceptors (Lipinski definition) is 4. The van der Waals surface area contributed by atoms with Gasteiger partial charge in [-0.25, -0.2) is 4.79 Å². The summed E-state index contributed by atoms with van der Waals surface area (Å²) in [6.07, 6.45) is 2.38. The van der Waals surface area contributed by atoms with Gasteiger partial charge in [-0.2, -0.15) is 0 Å².